The molecule has 5 nitrogen and oxygen atoms in total. The number of aromatic nitrogens is 4. The van der Waals surface area contributed by atoms with E-state index in [1.165, 1.54) is 4.68 Å². The zero-order chi connectivity index (χ0) is 13.8. The molecule has 0 aliphatic heterocycles. The highest BCUT2D eigenvalue weighted by molar-refractivity contribution is 8.00. The Labute approximate surface area is 108 Å². The van der Waals surface area contributed by atoms with E-state index in [4.69, 9.17) is 0 Å². The van der Waals surface area contributed by atoms with Gasteiger partial charge in [0.2, 0.25) is 0 Å². The molecule has 0 aromatic carbocycles. The van der Waals surface area contributed by atoms with Crippen LogP contribution in [0.3, 0.4) is 0 Å². The average molecular weight is 283 g/mol. The van der Waals surface area contributed by atoms with Crippen LogP contribution in [0.2, 0.25) is 0 Å². The van der Waals surface area contributed by atoms with E-state index in [0.29, 0.717) is 12.4 Å². The second-order valence-electron chi connectivity index (χ2n) is 4.72. The predicted octanol–water partition coefficient (Wildman–Crippen LogP) is 1.81. The molecule has 18 heavy (non-hydrogen) atoms. The molecule has 1 aromatic heterocycles. The molecule has 0 aliphatic rings. The van der Waals surface area contributed by atoms with Crippen LogP contribution in [0.25, 0.3) is 0 Å². The first-order valence-corrected chi connectivity index (χ1v) is 6.37. The van der Waals surface area contributed by atoms with Gasteiger partial charge in [0.15, 0.2) is 5.82 Å². The summed E-state index contributed by atoms with van der Waals surface area (Å²) in [7, 11) is 0. The number of hydrogen-bond donors (Lipinski definition) is 1. The molecule has 104 valence electrons. The van der Waals surface area contributed by atoms with Crippen LogP contribution in [-0.4, -0.2) is 37.0 Å². The smallest absolute Gasteiger partial charge is 0.305 e. The number of aryl methyl sites for hydroxylation is 1. The maximum absolute atomic E-state index is 12.0. The molecule has 0 amide bonds. The Morgan fingerprint density at radius 3 is 2.50 bits per heavy atom. The normalized spacial score (nSPS) is 13.0. The van der Waals surface area contributed by atoms with Crippen LogP contribution in [0.15, 0.2) is 0 Å². The third-order valence-electron chi connectivity index (χ3n) is 1.95. The summed E-state index contributed by atoms with van der Waals surface area (Å²) in [5.41, 5.74) is -4.31. The molecule has 0 fully saturated rings. The standard InChI is InChI=1S/C9H16F3N5S/c1-8(2,3)13-6-7-14-15-16-17(7)4-5-18-9(10,11)12/h13H,4-6H2,1-3H3. The Hall–Kier alpha value is -0.830. The zero-order valence-electron chi connectivity index (χ0n) is 10.5. The molecule has 0 saturated heterocycles. The average Bonchev–Trinajstić information content (AvgIpc) is 2.59. The summed E-state index contributed by atoms with van der Waals surface area (Å²) < 4.78 is 37.3. The van der Waals surface area contributed by atoms with Crippen LogP contribution in [-0.2, 0) is 13.1 Å². The van der Waals surface area contributed by atoms with E-state index in [1.54, 1.807) is 0 Å². The maximum atomic E-state index is 12.0. The van der Waals surface area contributed by atoms with Crippen LogP contribution in [0.1, 0.15) is 26.6 Å². The Bertz CT molecular complexity index is 371. The number of alkyl halides is 3. The van der Waals surface area contributed by atoms with Gasteiger partial charge in [0.05, 0.1) is 13.1 Å². The Balaban J connectivity index is 2.45. The van der Waals surface area contributed by atoms with Gasteiger partial charge < -0.3 is 5.32 Å². The van der Waals surface area contributed by atoms with Crippen molar-refractivity contribution < 1.29 is 13.2 Å². The molecule has 1 rings (SSSR count). The van der Waals surface area contributed by atoms with E-state index < -0.39 is 5.51 Å². The lowest BCUT2D eigenvalue weighted by Crippen LogP contribution is -2.36. The summed E-state index contributed by atoms with van der Waals surface area (Å²) in [5, 5.41) is 14.1. The third kappa shape index (κ3) is 6.20. The number of rotatable bonds is 5. The highest BCUT2D eigenvalue weighted by Crippen LogP contribution is 2.29. The van der Waals surface area contributed by atoms with Gasteiger partial charge in [-0.05, 0) is 43.0 Å². The summed E-state index contributed by atoms with van der Waals surface area (Å²) in [4.78, 5) is 0. The summed E-state index contributed by atoms with van der Waals surface area (Å²) in [5.74, 6) is 0.435. The van der Waals surface area contributed by atoms with Crippen molar-refractivity contribution in [2.24, 2.45) is 0 Å². The second kappa shape index (κ2) is 5.87. The van der Waals surface area contributed by atoms with Crippen molar-refractivity contribution in [3.8, 4) is 0 Å². The van der Waals surface area contributed by atoms with Crippen LogP contribution in [0.5, 0.6) is 0 Å². The van der Waals surface area contributed by atoms with Gasteiger partial charge in [-0.25, -0.2) is 4.68 Å². The number of nitrogens with one attached hydrogen (secondary N) is 1. The highest BCUT2D eigenvalue weighted by Gasteiger charge is 2.27. The molecule has 0 saturated carbocycles. The Morgan fingerprint density at radius 2 is 1.94 bits per heavy atom. The highest BCUT2D eigenvalue weighted by atomic mass is 32.2. The fraction of sp³-hybridized carbons (Fsp3) is 0.889. The monoisotopic (exact) mass is 283 g/mol. The van der Waals surface area contributed by atoms with E-state index in [2.05, 4.69) is 20.8 Å². The van der Waals surface area contributed by atoms with Crippen molar-refractivity contribution in [3.63, 3.8) is 0 Å². The van der Waals surface area contributed by atoms with Crippen molar-refractivity contribution in [2.75, 3.05) is 5.75 Å². The lowest BCUT2D eigenvalue weighted by molar-refractivity contribution is -0.0328. The molecule has 0 spiro atoms. The summed E-state index contributed by atoms with van der Waals surface area (Å²) in [6.07, 6.45) is 0. The summed E-state index contributed by atoms with van der Waals surface area (Å²) >= 11 is -0.0727. The zero-order valence-corrected chi connectivity index (χ0v) is 11.3. The minimum atomic E-state index is -4.21. The van der Waals surface area contributed by atoms with E-state index in [1.807, 2.05) is 20.8 Å². The Kier molecular flexibility index (Phi) is 4.97. The number of tetrazole rings is 1. The van der Waals surface area contributed by atoms with Crippen molar-refractivity contribution in [3.05, 3.63) is 5.82 Å². The summed E-state index contributed by atoms with van der Waals surface area (Å²) in [6.45, 7) is 6.52. The quantitative estimate of drug-likeness (QED) is 0.893. The lowest BCUT2D eigenvalue weighted by Gasteiger charge is -2.19. The molecule has 0 radical (unpaired) electrons. The van der Waals surface area contributed by atoms with Gasteiger partial charge in [0.1, 0.15) is 0 Å². The number of halogens is 3. The van der Waals surface area contributed by atoms with Crippen molar-refractivity contribution >= 4 is 11.8 Å². The second-order valence-corrected chi connectivity index (χ2v) is 5.88. The van der Waals surface area contributed by atoms with Crippen molar-refractivity contribution in [1.29, 1.82) is 0 Å². The Morgan fingerprint density at radius 1 is 1.28 bits per heavy atom. The van der Waals surface area contributed by atoms with Crippen molar-refractivity contribution in [1.82, 2.24) is 25.5 Å². The first-order valence-electron chi connectivity index (χ1n) is 5.38. The van der Waals surface area contributed by atoms with Gasteiger partial charge in [-0.2, -0.15) is 13.2 Å². The van der Waals surface area contributed by atoms with Crippen LogP contribution >= 0.6 is 11.8 Å². The van der Waals surface area contributed by atoms with Gasteiger partial charge in [-0.15, -0.1) is 5.10 Å². The molecule has 0 aliphatic carbocycles. The van der Waals surface area contributed by atoms with E-state index in [-0.39, 0.29) is 29.6 Å². The first-order chi connectivity index (χ1) is 8.17. The number of nitrogens with zero attached hydrogens (tertiary/aromatic N) is 4. The minimum Gasteiger partial charge on any atom is -0.305 e. The van der Waals surface area contributed by atoms with Crippen molar-refractivity contribution in [2.45, 2.75) is 44.9 Å². The van der Waals surface area contributed by atoms with Crippen LogP contribution < -0.4 is 5.32 Å². The minimum absolute atomic E-state index is 0.0727. The lowest BCUT2D eigenvalue weighted by atomic mass is 10.1. The fourth-order valence-electron chi connectivity index (χ4n) is 1.12. The van der Waals surface area contributed by atoms with E-state index in [9.17, 15) is 13.2 Å². The van der Waals surface area contributed by atoms with E-state index >= 15 is 0 Å². The molecule has 9 heteroatoms. The fourth-order valence-corrected chi connectivity index (χ4v) is 1.61. The molecule has 1 N–H and O–H groups in total. The van der Waals surface area contributed by atoms with Gasteiger partial charge in [-0.3, -0.25) is 0 Å². The SMILES string of the molecule is CC(C)(C)NCc1nnnn1CCSC(F)(F)F. The van der Waals surface area contributed by atoms with Gasteiger partial charge in [0.25, 0.3) is 0 Å². The maximum Gasteiger partial charge on any atom is 0.441 e. The van der Waals surface area contributed by atoms with Crippen LogP contribution in [0, 0.1) is 0 Å². The van der Waals surface area contributed by atoms with Gasteiger partial charge in [0, 0.05) is 11.3 Å². The number of hydrogen-bond acceptors (Lipinski definition) is 5. The van der Waals surface area contributed by atoms with Gasteiger partial charge >= 0.3 is 5.51 Å². The molecule has 1 heterocycles. The first kappa shape index (κ1) is 15.2. The molecule has 0 bridgehead atoms. The molecular formula is C9H16F3N5S. The number of thioether (sulfide) groups is 1. The predicted molar refractivity (Wildman–Crippen MR) is 62.9 cm³/mol. The summed E-state index contributed by atoms with van der Waals surface area (Å²) in [6, 6.07) is 0. The topological polar surface area (TPSA) is 55.6 Å². The third-order valence-corrected chi connectivity index (χ3v) is 2.67. The van der Waals surface area contributed by atoms with E-state index in [0.717, 1.165) is 0 Å². The van der Waals surface area contributed by atoms with Crippen LogP contribution in [0.4, 0.5) is 13.2 Å². The van der Waals surface area contributed by atoms with Gasteiger partial charge in [-0.1, -0.05) is 0 Å². The largest absolute Gasteiger partial charge is 0.441 e. The molecule has 1 aromatic rings. The molecular weight excluding hydrogens is 267 g/mol. The molecule has 0 unspecified atom stereocenters. The molecule has 0 atom stereocenters.